The summed E-state index contributed by atoms with van der Waals surface area (Å²) in [5.41, 5.74) is 0. The second kappa shape index (κ2) is 4.72. The fourth-order valence-electron chi connectivity index (χ4n) is 0.694. The molecule has 0 unspecified atom stereocenters. The van der Waals surface area contributed by atoms with Gasteiger partial charge in [0.05, 0.1) is 0 Å². The first-order valence-electron chi connectivity index (χ1n) is 3.47. The molecule has 0 saturated carbocycles. The molecule has 1 aromatic rings. The Hall–Kier alpha value is -0.0913. The second-order valence-corrected chi connectivity index (χ2v) is 4.96. The summed E-state index contributed by atoms with van der Waals surface area (Å²) in [6, 6.07) is 6.83. The van der Waals surface area contributed by atoms with E-state index >= 15 is 0 Å². The van der Waals surface area contributed by atoms with Crippen LogP contribution in [0.4, 0.5) is 4.39 Å². The zero-order chi connectivity index (χ0) is 8.10. The van der Waals surface area contributed by atoms with Crippen LogP contribution >= 0.6 is 0 Å². The van der Waals surface area contributed by atoms with Crippen LogP contribution in [0.15, 0.2) is 24.3 Å². The minimum absolute atomic E-state index is 0.118. The molecule has 0 atom stereocenters. The van der Waals surface area contributed by atoms with E-state index in [0.29, 0.717) is 6.61 Å². The first kappa shape index (κ1) is 9.00. The van der Waals surface area contributed by atoms with E-state index in [-0.39, 0.29) is 5.82 Å². The molecule has 0 N–H and O–H groups in total. The Kier molecular flexibility index (Phi) is 3.86. The number of hydrogen-bond donors (Lipinski definition) is 0. The van der Waals surface area contributed by atoms with E-state index in [1.54, 1.807) is 12.1 Å². The number of rotatable bonds is 3. The predicted molar refractivity (Wildman–Crippen MR) is 43.4 cm³/mol. The first-order valence-corrected chi connectivity index (χ1v) is 6.06. The molecule has 2 radical (unpaired) electrons. The van der Waals surface area contributed by atoms with Gasteiger partial charge in [0.1, 0.15) is 0 Å². The molecule has 3 heteroatoms. The molecule has 0 fully saturated rings. The molecule has 1 nitrogen and oxygen atoms in total. The summed E-state index contributed by atoms with van der Waals surface area (Å²) in [6.45, 7) is 2.63. The molecule has 0 amide bonds. The van der Waals surface area contributed by atoms with Crippen LogP contribution in [0.5, 0.6) is 0 Å². The van der Waals surface area contributed by atoms with Crippen molar-refractivity contribution in [3.63, 3.8) is 0 Å². The van der Waals surface area contributed by atoms with Crippen molar-refractivity contribution in [2.45, 2.75) is 6.92 Å². The average Bonchev–Trinajstić information content (AvgIpc) is 2.03. The van der Waals surface area contributed by atoms with Gasteiger partial charge in [-0.2, -0.15) is 0 Å². The molecule has 1 rings (SSSR count). The fourth-order valence-corrected chi connectivity index (χ4v) is 2.53. The molecule has 0 aliphatic rings. The van der Waals surface area contributed by atoms with Gasteiger partial charge in [0.15, 0.2) is 0 Å². The third-order valence-corrected chi connectivity index (χ3v) is 4.22. The summed E-state index contributed by atoms with van der Waals surface area (Å²) in [6.07, 6.45) is 0. The quantitative estimate of drug-likeness (QED) is 0.738. The van der Waals surface area contributed by atoms with Gasteiger partial charge >= 0.3 is 76.2 Å². The van der Waals surface area contributed by atoms with Crippen molar-refractivity contribution >= 4 is 25.1 Å². The van der Waals surface area contributed by atoms with Crippen molar-refractivity contribution in [1.29, 1.82) is 0 Å². The Labute approximate surface area is 76.3 Å². The van der Waals surface area contributed by atoms with Gasteiger partial charge in [-0.05, 0) is 0 Å². The second-order valence-electron chi connectivity index (χ2n) is 2.01. The Morgan fingerprint density at radius 2 is 2.18 bits per heavy atom. The summed E-state index contributed by atoms with van der Waals surface area (Å²) >= 11 is -1.08. The molecule has 0 aliphatic heterocycles. The number of hydrogen-bond acceptors (Lipinski definition) is 1. The van der Waals surface area contributed by atoms with Gasteiger partial charge in [0.25, 0.3) is 0 Å². The fraction of sp³-hybridized carbons (Fsp3) is 0.250. The monoisotopic (exact) mass is 260 g/mol. The molecule has 0 bridgehead atoms. The minimum atomic E-state index is -1.08. The van der Waals surface area contributed by atoms with Crippen molar-refractivity contribution in [3.8, 4) is 0 Å². The van der Waals surface area contributed by atoms with Crippen LogP contribution in [0, 0.1) is 5.82 Å². The van der Waals surface area contributed by atoms with E-state index in [1.165, 1.54) is 6.07 Å². The summed E-state index contributed by atoms with van der Waals surface area (Å²) in [4.78, 5) is 0. The molecule has 0 aromatic heterocycles. The molecule has 11 heavy (non-hydrogen) atoms. The summed E-state index contributed by atoms with van der Waals surface area (Å²) < 4.78 is 18.9. The van der Waals surface area contributed by atoms with Gasteiger partial charge in [-0.3, -0.25) is 0 Å². The summed E-state index contributed by atoms with van der Waals surface area (Å²) in [7, 11) is 0. The number of benzene rings is 1. The van der Waals surface area contributed by atoms with Crippen LogP contribution in [0.1, 0.15) is 6.92 Å². The van der Waals surface area contributed by atoms with Crippen molar-refractivity contribution in [2.24, 2.45) is 0 Å². The van der Waals surface area contributed by atoms with Gasteiger partial charge < -0.3 is 0 Å². The standard InChI is InChI=1S/C6H4F.C2H5O.Sn/c7-6-4-2-1-3-5-6;1-2-3;/h1-4H;2H2,1H3;/q;-1;+1. The maximum atomic E-state index is 12.9. The van der Waals surface area contributed by atoms with E-state index < -0.39 is 21.6 Å². The predicted octanol–water partition coefficient (Wildman–Crippen LogP) is 1.11. The summed E-state index contributed by atoms with van der Waals surface area (Å²) in [5.74, 6) is -0.118. The summed E-state index contributed by atoms with van der Waals surface area (Å²) in [5, 5.41) is 0. The first-order chi connectivity index (χ1) is 5.34. The van der Waals surface area contributed by atoms with Crippen LogP contribution in [0.2, 0.25) is 0 Å². The van der Waals surface area contributed by atoms with Crippen molar-refractivity contribution in [2.75, 3.05) is 6.61 Å². The molecule has 0 spiro atoms. The Bertz CT molecular complexity index is 227. The van der Waals surface area contributed by atoms with Crippen LogP contribution in [-0.2, 0) is 3.07 Å². The van der Waals surface area contributed by atoms with Crippen molar-refractivity contribution in [1.82, 2.24) is 0 Å². The Morgan fingerprint density at radius 3 is 2.82 bits per heavy atom. The van der Waals surface area contributed by atoms with E-state index in [2.05, 4.69) is 0 Å². The van der Waals surface area contributed by atoms with E-state index in [9.17, 15) is 4.39 Å². The third kappa shape index (κ3) is 2.79. The van der Waals surface area contributed by atoms with Crippen LogP contribution in [0.25, 0.3) is 0 Å². The Balaban J connectivity index is 2.62. The normalized spacial score (nSPS) is 10.0. The molecular weight excluding hydrogens is 250 g/mol. The zero-order valence-corrected chi connectivity index (χ0v) is 9.16. The van der Waals surface area contributed by atoms with E-state index in [4.69, 9.17) is 3.07 Å². The van der Waals surface area contributed by atoms with Crippen LogP contribution in [-0.4, -0.2) is 28.2 Å². The maximum absolute atomic E-state index is 12.9. The van der Waals surface area contributed by atoms with E-state index in [1.807, 2.05) is 13.0 Å². The van der Waals surface area contributed by atoms with Gasteiger partial charge in [0.2, 0.25) is 0 Å². The van der Waals surface area contributed by atoms with Crippen LogP contribution in [0.3, 0.4) is 0 Å². The van der Waals surface area contributed by atoms with Crippen molar-refractivity contribution in [3.05, 3.63) is 30.1 Å². The zero-order valence-electron chi connectivity index (χ0n) is 6.30. The Morgan fingerprint density at radius 1 is 1.45 bits per heavy atom. The molecule has 0 aliphatic carbocycles. The molecule has 1 aromatic carbocycles. The number of halogens is 1. The van der Waals surface area contributed by atoms with Gasteiger partial charge in [-0.1, -0.05) is 0 Å². The van der Waals surface area contributed by atoms with Gasteiger partial charge in [-0.15, -0.1) is 0 Å². The molecule has 0 heterocycles. The van der Waals surface area contributed by atoms with Crippen molar-refractivity contribution < 1.29 is 7.46 Å². The third-order valence-electron chi connectivity index (χ3n) is 1.20. The molecule has 0 saturated heterocycles. The average molecular weight is 259 g/mol. The van der Waals surface area contributed by atoms with E-state index in [0.717, 1.165) is 3.58 Å². The molecular formula is C8H9FOSn. The molecule has 58 valence electrons. The van der Waals surface area contributed by atoms with Gasteiger partial charge in [0, 0.05) is 0 Å². The van der Waals surface area contributed by atoms with Gasteiger partial charge in [-0.25, -0.2) is 0 Å². The SMILES string of the molecule is CC[O][Sn][c]1ccccc1F. The topological polar surface area (TPSA) is 9.23 Å². The van der Waals surface area contributed by atoms with Crippen LogP contribution < -0.4 is 3.58 Å².